The number of hydrogen-bond acceptors (Lipinski definition) is 7. The van der Waals surface area contributed by atoms with Crippen molar-refractivity contribution in [2.75, 3.05) is 6.54 Å². The highest BCUT2D eigenvalue weighted by Gasteiger charge is 2.28. The summed E-state index contributed by atoms with van der Waals surface area (Å²) in [5, 5.41) is 32.7. The number of aliphatic hydroxyl groups is 2. The highest BCUT2D eigenvalue weighted by atomic mass is 16.6. The van der Waals surface area contributed by atoms with Gasteiger partial charge >= 0.3 is 11.9 Å². The number of imidazole rings is 1. The quantitative estimate of drug-likeness (QED) is 0.428. The van der Waals surface area contributed by atoms with Gasteiger partial charge in [0, 0.05) is 6.54 Å². The number of alkyl carbamates (subject to hydrolysis) is 1. The van der Waals surface area contributed by atoms with Gasteiger partial charge in [-0.15, -0.1) is 0 Å². The Labute approximate surface area is 136 Å². The molecule has 2 atom stereocenters. The molecule has 0 aliphatic carbocycles. The minimum atomic E-state index is -1.63. The second-order valence-corrected chi connectivity index (χ2v) is 4.85. The monoisotopic (exact) mass is 336 g/mol. The molecule has 2 unspecified atom stereocenters. The topological polar surface area (TPSA) is 151 Å². The third-order valence-electron chi connectivity index (χ3n) is 3.14. The molecular formula is C14H16N4O6. The number of aliphatic hydroxyl groups excluding tert-OH is 2. The first kappa shape index (κ1) is 17.4. The Morgan fingerprint density at radius 2 is 2.08 bits per heavy atom. The summed E-state index contributed by atoms with van der Waals surface area (Å²) >= 11 is 0. The summed E-state index contributed by atoms with van der Waals surface area (Å²) in [6, 6.07) is 8.99. The van der Waals surface area contributed by atoms with Crippen LogP contribution in [-0.4, -0.2) is 43.8 Å². The van der Waals surface area contributed by atoms with E-state index in [-0.39, 0.29) is 18.8 Å². The van der Waals surface area contributed by atoms with Crippen LogP contribution >= 0.6 is 0 Å². The van der Waals surface area contributed by atoms with Crippen LogP contribution in [-0.2, 0) is 11.3 Å². The Morgan fingerprint density at radius 1 is 1.38 bits per heavy atom. The van der Waals surface area contributed by atoms with Gasteiger partial charge in [0.2, 0.25) is 0 Å². The van der Waals surface area contributed by atoms with Gasteiger partial charge in [-0.05, 0) is 10.5 Å². The number of benzene rings is 1. The molecule has 0 fully saturated rings. The lowest BCUT2D eigenvalue weighted by atomic mass is 10.1. The molecule has 0 spiro atoms. The minimum Gasteiger partial charge on any atom is -0.445 e. The second-order valence-electron chi connectivity index (χ2n) is 4.85. The van der Waals surface area contributed by atoms with Crippen molar-refractivity contribution < 1.29 is 24.7 Å². The molecule has 1 amide bonds. The van der Waals surface area contributed by atoms with E-state index in [4.69, 9.17) is 4.74 Å². The predicted octanol–water partition coefficient (Wildman–Crippen LogP) is 0.639. The van der Waals surface area contributed by atoms with Crippen LogP contribution in [0.4, 0.5) is 10.6 Å². The van der Waals surface area contributed by atoms with Gasteiger partial charge in [0.25, 0.3) is 0 Å². The summed E-state index contributed by atoms with van der Waals surface area (Å²) < 4.78 is 4.94. The molecule has 0 aliphatic heterocycles. The molecule has 0 saturated carbocycles. The van der Waals surface area contributed by atoms with Crippen molar-refractivity contribution in [1.82, 2.24) is 15.3 Å². The molecular weight excluding hydrogens is 320 g/mol. The predicted molar refractivity (Wildman–Crippen MR) is 80.8 cm³/mol. The molecule has 0 radical (unpaired) electrons. The van der Waals surface area contributed by atoms with Crippen LogP contribution in [0.1, 0.15) is 17.4 Å². The smallest absolute Gasteiger partial charge is 0.407 e. The van der Waals surface area contributed by atoms with Crippen LogP contribution in [0.5, 0.6) is 0 Å². The van der Waals surface area contributed by atoms with Crippen molar-refractivity contribution in [1.29, 1.82) is 0 Å². The fourth-order valence-corrected chi connectivity index (χ4v) is 1.92. The van der Waals surface area contributed by atoms with E-state index in [0.717, 1.165) is 11.9 Å². The Hall–Kier alpha value is -2.98. The molecule has 2 rings (SSSR count). The van der Waals surface area contributed by atoms with Gasteiger partial charge in [0.15, 0.2) is 12.0 Å². The molecule has 1 aromatic heterocycles. The van der Waals surface area contributed by atoms with Crippen LogP contribution < -0.4 is 5.32 Å². The third kappa shape index (κ3) is 4.51. The average molecular weight is 336 g/mol. The molecule has 4 N–H and O–H groups in total. The van der Waals surface area contributed by atoms with E-state index in [0.29, 0.717) is 0 Å². The lowest BCUT2D eigenvalue weighted by Gasteiger charge is -2.16. The molecule has 1 aromatic carbocycles. The molecule has 1 heterocycles. The van der Waals surface area contributed by atoms with E-state index < -0.39 is 29.0 Å². The fourth-order valence-electron chi connectivity index (χ4n) is 1.92. The van der Waals surface area contributed by atoms with Gasteiger partial charge in [0.05, 0.1) is 0 Å². The number of rotatable bonds is 7. The standard InChI is InChI=1S/C14H16N4O6/c19-10(12(20)11-13(18(22)23)17-8-16-11)6-15-14(21)24-7-9-4-2-1-3-5-9/h1-5,8,10,12,19-20H,6-7H2,(H,15,21)(H,16,17). The third-order valence-corrected chi connectivity index (χ3v) is 3.14. The first-order chi connectivity index (χ1) is 11.5. The van der Waals surface area contributed by atoms with Crippen LogP contribution in [0.15, 0.2) is 36.7 Å². The number of nitrogens with zero attached hydrogens (tertiary/aromatic N) is 2. The van der Waals surface area contributed by atoms with E-state index in [9.17, 15) is 25.1 Å². The SMILES string of the molecule is O=C(NCC(O)C(O)c1nc[nH]c1[N+](=O)[O-])OCc1ccccc1. The summed E-state index contributed by atoms with van der Waals surface area (Å²) in [5.41, 5.74) is 0.479. The van der Waals surface area contributed by atoms with Gasteiger partial charge in [-0.1, -0.05) is 30.3 Å². The minimum absolute atomic E-state index is 0.0517. The molecule has 24 heavy (non-hydrogen) atoms. The van der Waals surface area contributed by atoms with Crippen molar-refractivity contribution in [2.24, 2.45) is 0 Å². The lowest BCUT2D eigenvalue weighted by Crippen LogP contribution is -2.36. The molecule has 10 heteroatoms. The lowest BCUT2D eigenvalue weighted by molar-refractivity contribution is -0.390. The number of carbonyl (C=O) groups excluding carboxylic acids is 1. The van der Waals surface area contributed by atoms with E-state index in [2.05, 4.69) is 15.3 Å². The number of aromatic amines is 1. The number of amides is 1. The zero-order chi connectivity index (χ0) is 17.5. The van der Waals surface area contributed by atoms with Crippen molar-refractivity contribution in [2.45, 2.75) is 18.8 Å². The van der Waals surface area contributed by atoms with E-state index >= 15 is 0 Å². The Bertz CT molecular complexity index is 690. The zero-order valence-corrected chi connectivity index (χ0v) is 12.5. The van der Waals surface area contributed by atoms with Gasteiger partial charge < -0.3 is 30.4 Å². The average Bonchev–Trinajstić information content (AvgIpc) is 3.08. The van der Waals surface area contributed by atoms with Crippen molar-refractivity contribution in [3.8, 4) is 0 Å². The normalized spacial score (nSPS) is 13.1. The zero-order valence-electron chi connectivity index (χ0n) is 12.5. The van der Waals surface area contributed by atoms with Crippen molar-refractivity contribution in [3.05, 3.63) is 58.0 Å². The fraction of sp³-hybridized carbons (Fsp3) is 0.286. The number of hydrogen-bond donors (Lipinski definition) is 4. The molecule has 2 aromatic rings. The van der Waals surface area contributed by atoms with E-state index in [1.165, 1.54) is 0 Å². The van der Waals surface area contributed by atoms with Gasteiger partial charge in [-0.25, -0.2) is 14.8 Å². The molecule has 0 saturated heterocycles. The van der Waals surface area contributed by atoms with Crippen LogP contribution in [0.3, 0.4) is 0 Å². The Kier molecular flexibility index (Phi) is 5.82. The molecule has 10 nitrogen and oxygen atoms in total. The maximum Gasteiger partial charge on any atom is 0.407 e. The van der Waals surface area contributed by atoms with Crippen LogP contribution in [0, 0.1) is 10.1 Å². The highest BCUT2D eigenvalue weighted by Crippen LogP contribution is 2.23. The maximum atomic E-state index is 11.5. The van der Waals surface area contributed by atoms with E-state index in [1.54, 1.807) is 24.3 Å². The van der Waals surface area contributed by atoms with Gasteiger partial charge in [-0.2, -0.15) is 0 Å². The first-order valence-corrected chi connectivity index (χ1v) is 6.97. The number of carbonyl (C=O) groups is 1. The Morgan fingerprint density at radius 3 is 2.75 bits per heavy atom. The van der Waals surface area contributed by atoms with Crippen LogP contribution in [0.2, 0.25) is 0 Å². The Balaban J connectivity index is 1.81. The van der Waals surface area contributed by atoms with Gasteiger partial charge in [-0.3, -0.25) is 0 Å². The van der Waals surface area contributed by atoms with Crippen molar-refractivity contribution >= 4 is 11.9 Å². The summed E-state index contributed by atoms with van der Waals surface area (Å²) in [6.07, 6.45) is -2.88. The number of nitro groups is 1. The van der Waals surface area contributed by atoms with Crippen molar-refractivity contribution in [3.63, 3.8) is 0 Å². The molecule has 0 aliphatic rings. The first-order valence-electron chi connectivity index (χ1n) is 6.97. The number of nitrogens with one attached hydrogen (secondary N) is 2. The summed E-state index contributed by atoms with van der Waals surface area (Å²) in [6.45, 7) is -0.311. The second kappa shape index (κ2) is 8.04. The number of aromatic nitrogens is 2. The maximum absolute atomic E-state index is 11.5. The highest BCUT2D eigenvalue weighted by molar-refractivity contribution is 5.67. The van der Waals surface area contributed by atoms with Gasteiger partial charge in [0.1, 0.15) is 18.8 Å². The van der Waals surface area contributed by atoms with Crippen LogP contribution in [0.25, 0.3) is 0 Å². The van der Waals surface area contributed by atoms with E-state index in [1.807, 2.05) is 6.07 Å². The summed E-state index contributed by atoms with van der Waals surface area (Å²) in [5.74, 6) is -0.520. The largest absolute Gasteiger partial charge is 0.445 e. The summed E-state index contributed by atoms with van der Waals surface area (Å²) in [4.78, 5) is 27.4. The summed E-state index contributed by atoms with van der Waals surface area (Å²) in [7, 11) is 0. The number of ether oxygens (including phenoxy) is 1. The molecule has 128 valence electrons. The number of H-pyrrole nitrogens is 1. The molecule has 0 bridgehead atoms.